The zero-order valence-corrected chi connectivity index (χ0v) is 17.5. The van der Waals surface area contributed by atoms with Gasteiger partial charge in [-0.05, 0) is 26.3 Å². The van der Waals surface area contributed by atoms with Crippen LogP contribution in [0.2, 0.25) is 0 Å². The number of aromatic nitrogens is 2. The van der Waals surface area contributed by atoms with Gasteiger partial charge in [-0.2, -0.15) is 13.2 Å². The Morgan fingerprint density at radius 2 is 1.81 bits per heavy atom. The molecule has 0 spiro atoms. The number of halogens is 3. The van der Waals surface area contributed by atoms with E-state index in [9.17, 15) is 27.6 Å². The average molecular weight is 438 g/mol. The predicted molar refractivity (Wildman–Crippen MR) is 109 cm³/mol. The van der Waals surface area contributed by atoms with E-state index < -0.39 is 35.0 Å². The van der Waals surface area contributed by atoms with Crippen molar-refractivity contribution in [2.45, 2.75) is 51.9 Å². The minimum atomic E-state index is -4.81. The third-order valence-corrected chi connectivity index (χ3v) is 4.57. The highest BCUT2D eigenvalue weighted by atomic mass is 19.4. The molecular weight excluding hydrogens is 413 g/mol. The van der Waals surface area contributed by atoms with Crippen LogP contribution in [0.4, 0.5) is 13.2 Å². The molecule has 2 amide bonds. The number of carbonyl (C=O) groups excluding carboxylic acids is 2. The maximum Gasteiger partial charge on any atom is 0.412 e. The molecule has 0 aliphatic heterocycles. The predicted octanol–water partition coefficient (Wildman–Crippen LogP) is 3.39. The van der Waals surface area contributed by atoms with Crippen LogP contribution in [0.15, 0.2) is 41.7 Å². The van der Waals surface area contributed by atoms with Crippen molar-refractivity contribution < 1.29 is 22.8 Å². The average Bonchev–Trinajstić information content (AvgIpc) is 2.71. The second-order valence-electron chi connectivity index (χ2n) is 7.30. The third kappa shape index (κ3) is 6.16. The first kappa shape index (κ1) is 24.1. The first-order valence-electron chi connectivity index (χ1n) is 9.87. The van der Waals surface area contributed by atoms with Crippen molar-refractivity contribution >= 4 is 11.8 Å². The molecule has 0 unspecified atom stereocenters. The van der Waals surface area contributed by atoms with Gasteiger partial charge in [0.25, 0.3) is 11.8 Å². The molecule has 0 aliphatic carbocycles. The van der Waals surface area contributed by atoms with Crippen molar-refractivity contribution in [3.05, 3.63) is 63.8 Å². The molecule has 0 aromatic carbocycles. The number of hydrogen-bond acceptors (Lipinski definition) is 4. The highest BCUT2D eigenvalue weighted by Crippen LogP contribution is 2.32. The first-order valence-corrected chi connectivity index (χ1v) is 9.87. The molecule has 10 heteroatoms. The molecule has 0 saturated heterocycles. The fourth-order valence-electron chi connectivity index (χ4n) is 2.80. The van der Waals surface area contributed by atoms with Gasteiger partial charge in [-0.15, -0.1) is 0 Å². The van der Waals surface area contributed by atoms with Crippen LogP contribution >= 0.6 is 0 Å². The second kappa shape index (κ2) is 10.2. The number of hydrogen-bond donors (Lipinski definition) is 2. The van der Waals surface area contributed by atoms with Crippen LogP contribution in [0.5, 0.6) is 0 Å². The summed E-state index contributed by atoms with van der Waals surface area (Å²) in [5, 5.41) is 4.46. The van der Waals surface area contributed by atoms with E-state index in [1.54, 1.807) is 13.8 Å². The SMILES string of the molecule is CCCCNC(=O)c1cn(C(C)C)cc(C(=O)N[C@H](c2cccnc2)C(F)(F)F)c1=O. The Morgan fingerprint density at radius 3 is 2.32 bits per heavy atom. The minimum absolute atomic E-state index is 0.244. The highest BCUT2D eigenvalue weighted by molar-refractivity contribution is 5.99. The standard InChI is InChI=1S/C21H25F3N4O3/c1-4-5-9-26-19(30)15-11-28(13(2)3)12-16(17(15)29)20(31)27-18(21(22,23)24)14-7-6-8-25-10-14/h6-8,10-13,18H,4-5,9H2,1-3H3,(H,26,30)(H,27,31)/t18-/m1/s1. The summed E-state index contributed by atoms with van der Waals surface area (Å²) >= 11 is 0. The molecule has 2 rings (SSSR count). The van der Waals surface area contributed by atoms with Crippen molar-refractivity contribution in [3.63, 3.8) is 0 Å². The maximum absolute atomic E-state index is 13.6. The van der Waals surface area contributed by atoms with E-state index in [-0.39, 0.29) is 17.2 Å². The number of amides is 2. The van der Waals surface area contributed by atoms with Crippen molar-refractivity contribution in [3.8, 4) is 0 Å². The van der Waals surface area contributed by atoms with Crippen LogP contribution in [0.1, 0.15) is 72.0 Å². The van der Waals surface area contributed by atoms with Crippen LogP contribution in [0, 0.1) is 0 Å². The number of alkyl halides is 3. The monoisotopic (exact) mass is 438 g/mol. The lowest BCUT2D eigenvalue weighted by Gasteiger charge is -2.22. The topological polar surface area (TPSA) is 93.1 Å². The van der Waals surface area contributed by atoms with Crippen molar-refractivity contribution in [2.24, 2.45) is 0 Å². The van der Waals surface area contributed by atoms with Crippen LogP contribution < -0.4 is 16.1 Å². The third-order valence-electron chi connectivity index (χ3n) is 4.57. The number of pyridine rings is 2. The number of unbranched alkanes of at least 4 members (excludes halogenated alkanes) is 1. The quantitative estimate of drug-likeness (QED) is 0.618. The fourth-order valence-corrected chi connectivity index (χ4v) is 2.80. The summed E-state index contributed by atoms with van der Waals surface area (Å²) in [6, 6.07) is -0.114. The molecule has 168 valence electrons. The van der Waals surface area contributed by atoms with E-state index in [1.165, 1.54) is 29.1 Å². The number of nitrogens with zero attached hydrogens (tertiary/aromatic N) is 2. The van der Waals surface area contributed by atoms with Gasteiger partial charge < -0.3 is 15.2 Å². The van der Waals surface area contributed by atoms with E-state index in [0.29, 0.717) is 13.0 Å². The normalized spacial score (nSPS) is 12.5. The zero-order valence-electron chi connectivity index (χ0n) is 17.5. The Bertz CT molecular complexity index is 972. The van der Waals surface area contributed by atoms with Crippen LogP contribution in [-0.2, 0) is 0 Å². The Hall–Kier alpha value is -3.17. The zero-order chi connectivity index (χ0) is 23.2. The Kier molecular flexibility index (Phi) is 7.95. The van der Waals surface area contributed by atoms with Gasteiger partial charge in [-0.1, -0.05) is 19.4 Å². The van der Waals surface area contributed by atoms with Gasteiger partial charge in [0.1, 0.15) is 11.1 Å². The summed E-state index contributed by atoms with van der Waals surface area (Å²) in [5.74, 6) is -1.91. The molecule has 2 aromatic heterocycles. The molecule has 0 radical (unpaired) electrons. The molecule has 0 aliphatic rings. The van der Waals surface area contributed by atoms with Gasteiger partial charge >= 0.3 is 6.18 Å². The summed E-state index contributed by atoms with van der Waals surface area (Å²) in [7, 11) is 0. The molecule has 2 N–H and O–H groups in total. The largest absolute Gasteiger partial charge is 0.412 e. The summed E-state index contributed by atoms with van der Waals surface area (Å²) in [5.41, 5.74) is -2.06. The molecule has 1 atom stereocenters. The van der Waals surface area contributed by atoms with Crippen LogP contribution in [0.3, 0.4) is 0 Å². The molecule has 0 saturated carbocycles. The lowest BCUT2D eigenvalue weighted by Crippen LogP contribution is -2.41. The van der Waals surface area contributed by atoms with Gasteiger partial charge in [0.2, 0.25) is 5.43 Å². The van der Waals surface area contributed by atoms with Crippen molar-refractivity contribution in [1.82, 2.24) is 20.2 Å². The van der Waals surface area contributed by atoms with Gasteiger partial charge in [0, 0.05) is 42.9 Å². The maximum atomic E-state index is 13.6. The first-order chi connectivity index (χ1) is 14.6. The summed E-state index contributed by atoms with van der Waals surface area (Å²) in [6.07, 6.45) is 1.46. The van der Waals surface area contributed by atoms with Gasteiger partial charge in [0.15, 0.2) is 6.04 Å². The number of rotatable bonds is 8. The molecule has 0 bridgehead atoms. The Balaban J connectivity index is 2.44. The summed E-state index contributed by atoms with van der Waals surface area (Å²) in [6.45, 7) is 5.77. The van der Waals surface area contributed by atoms with Gasteiger partial charge in [-0.3, -0.25) is 19.4 Å². The smallest absolute Gasteiger partial charge is 0.352 e. The van der Waals surface area contributed by atoms with E-state index in [4.69, 9.17) is 0 Å². The van der Waals surface area contributed by atoms with E-state index >= 15 is 0 Å². The lowest BCUT2D eigenvalue weighted by molar-refractivity contribution is -0.155. The Labute approximate surface area is 177 Å². The highest BCUT2D eigenvalue weighted by Gasteiger charge is 2.42. The summed E-state index contributed by atoms with van der Waals surface area (Å²) in [4.78, 5) is 41.6. The van der Waals surface area contributed by atoms with E-state index in [1.807, 2.05) is 12.2 Å². The molecule has 7 nitrogen and oxygen atoms in total. The molecular formula is C21H25F3N4O3. The van der Waals surface area contributed by atoms with Crippen LogP contribution in [0.25, 0.3) is 0 Å². The summed E-state index contributed by atoms with van der Waals surface area (Å²) < 4.78 is 42.2. The minimum Gasteiger partial charge on any atom is -0.352 e. The van der Waals surface area contributed by atoms with Gasteiger partial charge in [0.05, 0.1) is 0 Å². The second-order valence-corrected chi connectivity index (χ2v) is 7.30. The Morgan fingerprint density at radius 1 is 1.16 bits per heavy atom. The molecule has 2 heterocycles. The van der Waals surface area contributed by atoms with Crippen LogP contribution in [-0.4, -0.2) is 34.1 Å². The fraction of sp³-hybridized carbons (Fsp3) is 0.429. The van der Waals surface area contributed by atoms with Crippen molar-refractivity contribution in [2.75, 3.05) is 6.54 Å². The number of carbonyl (C=O) groups is 2. The van der Waals surface area contributed by atoms with E-state index in [0.717, 1.165) is 18.8 Å². The number of nitrogens with one attached hydrogen (secondary N) is 2. The van der Waals surface area contributed by atoms with Gasteiger partial charge in [-0.25, -0.2) is 0 Å². The molecule has 31 heavy (non-hydrogen) atoms. The molecule has 0 fully saturated rings. The molecule has 2 aromatic rings. The van der Waals surface area contributed by atoms with E-state index in [2.05, 4.69) is 10.3 Å². The lowest BCUT2D eigenvalue weighted by atomic mass is 10.1. The van der Waals surface area contributed by atoms with Crippen molar-refractivity contribution in [1.29, 1.82) is 0 Å².